The van der Waals surface area contributed by atoms with E-state index in [-0.39, 0.29) is 5.91 Å². The minimum Gasteiger partial charge on any atom is -0.301 e. The molecule has 8 heteroatoms. The highest BCUT2D eigenvalue weighted by atomic mass is 32.2. The first-order chi connectivity index (χ1) is 12.3. The number of nitrogens with one attached hydrogen (secondary N) is 1. The topological polar surface area (TPSA) is 67.8 Å². The van der Waals surface area contributed by atoms with Crippen LogP contribution in [0.4, 0.5) is 5.13 Å². The third-order valence-electron chi connectivity index (χ3n) is 3.31. The monoisotopic (exact) mass is 384 g/mol. The molecule has 0 spiro atoms. The molecule has 1 aromatic carbocycles. The van der Waals surface area contributed by atoms with Gasteiger partial charge in [-0.1, -0.05) is 23.9 Å². The van der Waals surface area contributed by atoms with Crippen LogP contribution < -0.4 is 5.32 Å². The lowest BCUT2D eigenvalue weighted by atomic mass is 10.2. The molecule has 1 N–H and O–H groups in total. The van der Waals surface area contributed by atoms with Crippen molar-refractivity contribution in [2.75, 3.05) is 11.1 Å². The van der Waals surface area contributed by atoms with Gasteiger partial charge in [-0.05, 0) is 24.3 Å². The molecule has 0 radical (unpaired) electrons. The number of aromatic nitrogens is 3. The molecule has 124 valence electrons. The van der Waals surface area contributed by atoms with Crippen molar-refractivity contribution in [1.82, 2.24) is 15.0 Å². The summed E-state index contributed by atoms with van der Waals surface area (Å²) in [7, 11) is 0. The number of hydrogen-bond donors (Lipinski definition) is 1. The maximum Gasteiger partial charge on any atom is 0.236 e. The van der Waals surface area contributed by atoms with E-state index in [2.05, 4.69) is 20.3 Å². The van der Waals surface area contributed by atoms with Crippen molar-refractivity contribution >= 4 is 55.7 Å². The molecule has 0 aliphatic carbocycles. The summed E-state index contributed by atoms with van der Waals surface area (Å²) in [6.45, 7) is 0. The SMILES string of the molecule is O=C(CSc1nc2ccccc2s1)Nc1nc(-c2cccnc2)cs1. The van der Waals surface area contributed by atoms with Crippen molar-refractivity contribution in [3.05, 3.63) is 54.2 Å². The molecule has 5 nitrogen and oxygen atoms in total. The molecule has 0 atom stereocenters. The second kappa shape index (κ2) is 7.30. The molecule has 0 bridgehead atoms. The van der Waals surface area contributed by atoms with Crippen LogP contribution in [0.15, 0.2) is 58.5 Å². The Balaban J connectivity index is 1.37. The fraction of sp³-hybridized carbons (Fsp3) is 0.0588. The van der Waals surface area contributed by atoms with Crippen LogP contribution in [-0.2, 0) is 4.79 Å². The predicted octanol–water partition coefficient (Wildman–Crippen LogP) is 4.55. The number of hydrogen-bond acceptors (Lipinski definition) is 7. The molecular formula is C17H12N4OS3. The average molecular weight is 385 g/mol. The number of thiazole rings is 2. The highest BCUT2D eigenvalue weighted by Crippen LogP contribution is 2.29. The molecule has 4 rings (SSSR count). The third kappa shape index (κ3) is 3.87. The lowest BCUT2D eigenvalue weighted by molar-refractivity contribution is -0.113. The maximum atomic E-state index is 12.1. The highest BCUT2D eigenvalue weighted by molar-refractivity contribution is 8.01. The van der Waals surface area contributed by atoms with Gasteiger partial charge in [0.1, 0.15) is 0 Å². The normalized spacial score (nSPS) is 10.9. The van der Waals surface area contributed by atoms with Crippen LogP contribution in [0.2, 0.25) is 0 Å². The van der Waals surface area contributed by atoms with E-state index in [1.54, 1.807) is 23.7 Å². The van der Waals surface area contributed by atoms with Crippen molar-refractivity contribution in [3.63, 3.8) is 0 Å². The van der Waals surface area contributed by atoms with Crippen LogP contribution in [0.5, 0.6) is 0 Å². The van der Waals surface area contributed by atoms with E-state index in [1.807, 2.05) is 41.8 Å². The first-order valence-corrected chi connectivity index (χ1v) is 10.1. The first kappa shape index (κ1) is 16.2. The Morgan fingerprint density at radius 2 is 2.08 bits per heavy atom. The number of fused-ring (bicyclic) bond motifs is 1. The van der Waals surface area contributed by atoms with Gasteiger partial charge in [0, 0.05) is 23.3 Å². The lowest BCUT2D eigenvalue weighted by Gasteiger charge is -1.99. The lowest BCUT2D eigenvalue weighted by Crippen LogP contribution is -2.13. The molecule has 0 aliphatic rings. The van der Waals surface area contributed by atoms with Crippen LogP contribution in [0.1, 0.15) is 0 Å². The van der Waals surface area contributed by atoms with Gasteiger partial charge in [0.25, 0.3) is 0 Å². The zero-order chi connectivity index (χ0) is 17.1. The van der Waals surface area contributed by atoms with Crippen molar-refractivity contribution in [3.8, 4) is 11.3 Å². The summed E-state index contributed by atoms with van der Waals surface area (Å²) in [4.78, 5) is 25.2. The largest absolute Gasteiger partial charge is 0.301 e. The molecule has 4 aromatic rings. The number of para-hydroxylation sites is 1. The van der Waals surface area contributed by atoms with Crippen molar-refractivity contribution in [2.24, 2.45) is 0 Å². The van der Waals surface area contributed by atoms with Gasteiger partial charge in [0.2, 0.25) is 5.91 Å². The smallest absolute Gasteiger partial charge is 0.236 e. The summed E-state index contributed by atoms with van der Waals surface area (Å²) in [5, 5.41) is 5.34. The van der Waals surface area contributed by atoms with E-state index < -0.39 is 0 Å². The number of nitrogens with zero attached hydrogens (tertiary/aromatic N) is 3. The number of carbonyl (C=O) groups is 1. The van der Waals surface area contributed by atoms with Crippen LogP contribution in [0.25, 0.3) is 21.5 Å². The summed E-state index contributed by atoms with van der Waals surface area (Å²) in [6.07, 6.45) is 3.47. The summed E-state index contributed by atoms with van der Waals surface area (Å²) < 4.78 is 2.03. The summed E-state index contributed by atoms with van der Waals surface area (Å²) >= 11 is 4.44. The quantitative estimate of drug-likeness (QED) is 0.512. The van der Waals surface area contributed by atoms with Crippen molar-refractivity contribution in [1.29, 1.82) is 0 Å². The molecule has 3 heterocycles. The maximum absolute atomic E-state index is 12.1. The Hall–Kier alpha value is -2.29. The molecule has 0 saturated heterocycles. The number of amides is 1. The Labute approximate surface area is 156 Å². The summed E-state index contributed by atoms with van der Waals surface area (Å²) in [5.41, 5.74) is 2.71. The van der Waals surface area contributed by atoms with Gasteiger partial charge >= 0.3 is 0 Å². The van der Waals surface area contributed by atoms with Crippen molar-refractivity contribution in [2.45, 2.75) is 4.34 Å². The zero-order valence-corrected chi connectivity index (χ0v) is 15.3. The van der Waals surface area contributed by atoms with Crippen LogP contribution >= 0.6 is 34.4 Å². The first-order valence-electron chi connectivity index (χ1n) is 7.42. The standard InChI is InChI=1S/C17H12N4OS3/c22-15(10-24-17-20-12-5-1-2-6-14(12)25-17)21-16-19-13(9-23-16)11-4-3-7-18-8-11/h1-9H,10H2,(H,19,21,22). The number of carbonyl (C=O) groups excluding carboxylic acids is 1. The van der Waals surface area contributed by atoms with Gasteiger partial charge in [0.15, 0.2) is 9.47 Å². The summed E-state index contributed by atoms with van der Waals surface area (Å²) in [5.74, 6) is 0.220. The Morgan fingerprint density at radius 3 is 2.92 bits per heavy atom. The number of thioether (sulfide) groups is 1. The molecule has 0 aliphatic heterocycles. The van der Waals surface area contributed by atoms with E-state index in [1.165, 1.54) is 23.1 Å². The van der Waals surface area contributed by atoms with E-state index in [0.29, 0.717) is 10.9 Å². The molecule has 3 aromatic heterocycles. The number of benzene rings is 1. The third-order valence-corrected chi connectivity index (χ3v) is 6.25. The Kier molecular flexibility index (Phi) is 4.73. The fourth-order valence-corrected chi connectivity index (χ4v) is 4.78. The molecule has 0 fully saturated rings. The van der Waals surface area contributed by atoms with Crippen LogP contribution in [-0.4, -0.2) is 26.6 Å². The number of anilines is 1. The van der Waals surface area contributed by atoms with Gasteiger partial charge in [-0.3, -0.25) is 9.78 Å². The van der Waals surface area contributed by atoms with Gasteiger partial charge in [-0.2, -0.15) is 0 Å². The summed E-state index contributed by atoms with van der Waals surface area (Å²) in [6, 6.07) is 11.8. The minimum absolute atomic E-state index is 0.0867. The number of pyridine rings is 1. The second-order valence-electron chi connectivity index (χ2n) is 5.06. The van der Waals surface area contributed by atoms with E-state index in [9.17, 15) is 4.79 Å². The van der Waals surface area contributed by atoms with Gasteiger partial charge in [-0.25, -0.2) is 9.97 Å². The van der Waals surface area contributed by atoms with Gasteiger partial charge < -0.3 is 5.32 Å². The average Bonchev–Trinajstić information content (AvgIpc) is 3.27. The van der Waals surface area contributed by atoms with Crippen LogP contribution in [0, 0.1) is 0 Å². The Bertz CT molecular complexity index is 980. The second-order valence-corrected chi connectivity index (χ2v) is 8.18. The van der Waals surface area contributed by atoms with E-state index in [0.717, 1.165) is 25.8 Å². The predicted molar refractivity (Wildman–Crippen MR) is 104 cm³/mol. The van der Waals surface area contributed by atoms with E-state index >= 15 is 0 Å². The Morgan fingerprint density at radius 1 is 1.16 bits per heavy atom. The van der Waals surface area contributed by atoms with Gasteiger partial charge in [-0.15, -0.1) is 22.7 Å². The van der Waals surface area contributed by atoms with Crippen LogP contribution in [0.3, 0.4) is 0 Å². The van der Waals surface area contributed by atoms with Gasteiger partial charge in [0.05, 0.1) is 21.7 Å². The molecule has 0 saturated carbocycles. The molecular weight excluding hydrogens is 372 g/mol. The zero-order valence-electron chi connectivity index (χ0n) is 12.9. The fourth-order valence-electron chi connectivity index (χ4n) is 2.17. The molecule has 25 heavy (non-hydrogen) atoms. The molecule has 0 unspecified atom stereocenters. The molecule has 1 amide bonds. The van der Waals surface area contributed by atoms with E-state index in [4.69, 9.17) is 0 Å². The van der Waals surface area contributed by atoms with Crippen molar-refractivity contribution < 1.29 is 4.79 Å². The minimum atomic E-state index is -0.0867. The highest BCUT2D eigenvalue weighted by Gasteiger charge is 2.10. The number of rotatable bonds is 5.